The molecular weight excluding hydrogens is 501 g/mol. The lowest BCUT2D eigenvalue weighted by Gasteiger charge is -2.38. The molecule has 0 spiro atoms. The number of benzene rings is 1. The van der Waals surface area contributed by atoms with Crippen LogP contribution in [-0.4, -0.2) is 58.3 Å². The van der Waals surface area contributed by atoms with Crippen LogP contribution in [0.5, 0.6) is 0 Å². The van der Waals surface area contributed by atoms with Crippen molar-refractivity contribution in [1.29, 1.82) is 0 Å². The van der Waals surface area contributed by atoms with Crippen LogP contribution >= 0.6 is 24.0 Å². The maximum absolute atomic E-state index is 4.94. The van der Waals surface area contributed by atoms with E-state index in [1.807, 2.05) is 0 Å². The minimum absolute atomic E-state index is 0. The van der Waals surface area contributed by atoms with Crippen LogP contribution in [0.4, 0.5) is 5.69 Å². The number of guanidine groups is 1. The summed E-state index contributed by atoms with van der Waals surface area (Å²) in [7, 11) is 0. The summed E-state index contributed by atoms with van der Waals surface area (Å²) >= 11 is 0. The van der Waals surface area contributed by atoms with E-state index in [4.69, 9.17) is 4.99 Å². The Bertz CT molecular complexity index is 884. The first-order valence-electron chi connectivity index (χ1n) is 11.4. The first-order chi connectivity index (χ1) is 14.7. The molecule has 2 aliphatic heterocycles. The molecule has 7 nitrogen and oxygen atoms in total. The van der Waals surface area contributed by atoms with E-state index in [1.54, 1.807) is 0 Å². The van der Waals surface area contributed by atoms with Crippen molar-refractivity contribution >= 4 is 35.6 Å². The highest BCUT2D eigenvalue weighted by Gasteiger charge is 2.21. The van der Waals surface area contributed by atoms with E-state index < -0.39 is 0 Å². The fourth-order valence-corrected chi connectivity index (χ4v) is 4.47. The summed E-state index contributed by atoms with van der Waals surface area (Å²) in [5.74, 6) is 3.12. The normalized spacial score (nSPS) is 17.1. The number of anilines is 1. The van der Waals surface area contributed by atoms with Gasteiger partial charge in [-0.2, -0.15) is 0 Å². The van der Waals surface area contributed by atoms with Gasteiger partial charge in [0, 0.05) is 51.4 Å². The van der Waals surface area contributed by atoms with Gasteiger partial charge in [0.25, 0.3) is 0 Å². The molecule has 1 aromatic carbocycles. The van der Waals surface area contributed by atoms with E-state index >= 15 is 0 Å². The monoisotopic (exact) mass is 537 g/mol. The average molecular weight is 537 g/mol. The van der Waals surface area contributed by atoms with Gasteiger partial charge in [-0.3, -0.25) is 0 Å². The van der Waals surface area contributed by atoms with Gasteiger partial charge in [-0.25, -0.2) is 4.99 Å². The maximum atomic E-state index is 4.94. The number of aryl methyl sites for hydroxylation is 2. The Morgan fingerprint density at radius 1 is 1.03 bits per heavy atom. The molecule has 2 aromatic rings. The number of halogens is 1. The molecule has 0 atom stereocenters. The van der Waals surface area contributed by atoms with Crippen LogP contribution < -0.4 is 10.2 Å². The molecule has 1 aromatic heterocycles. The lowest BCUT2D eigenvalue weighted by Crippen LogP contribution is -2.52. The van der Waals surface area contributed by atoms with Crippen molar-refractivity contribution in [2.75, 3.05) is 37.6 Å². The largest absolute Gasteiger partial charge is 0.368 e. The van der Waals surface area contributed by atoms with Crippen LogP contribution in [0, 0.1) is 13.8 Å². The van der Waals surface area contributed by atoms with E-state index in [2.05, 4.69) is 68.9 Å². The third kappa shape index (κ3) is 5.51. The minimum atomic E-state index is 0. The second kappa shape index (κ2) is 11.2. The summed E-state index contributed by atoms with van der Waals surface area (Å²) in [6, 6.07) is 6.60. The lowest BCUT2D eigenvalue weighted by atomic mass is 10.1. The van der Waals surface area contributed by atoms with Crippen molar-refractivity contribution in [2.24, 2.45) is 4.99 Å². The number of aliphatic imine (C=N–C) groups is 1. The second-order valence-corrected chi connectivity index (χ2v) is 8.36. The molecule has 0 amide bonds. The number of piperazine rings is 1. The Balaban J connectivity index is 0.00000272. The van der Waals surface area contributed by atoms with Crippen LogP contribution in [0.15, 0.2) is 23.2 Å². The van der Waals surface area contributed by atoms with Gasteiger partial charge in [0.1, 0.15) is 12.4 Å². The van der Waals surface area contributed by atoms with Crippen molar-refractivity contribution in [3.05, 3.63) is 41.0 Å². The molecule has 2 aliphatic rings. The third-order valence-corrected chi connectivity index (χ3v) is 6.39. The van der Waals surface area contributed by atoms with Crippen molar-refractivity contribution in [2.45, 2.75) is 59.5 Å². The van der Waals surface area contributed by atoms with Crippen molar-refractivity contribution in [3.8, 4) is 0 Å². The van der Waals surface area contributed by atoms with E-state index in [0.29, 0.717) is 6.54 Å². The quantitative estimate of drug-likeness (QED) is 0.368. The number of nitrogens with zero attached hydrogens (tertiary/aromatic N) is 6. The van der Waals surface area contributed by atoms with E-state index in [9.17, 15) is 0 Å². The molecule has 1 fully saturated rings. The zero-order chi connectivity index (χ0) is 20.9. The summed E-state index contributed by atoms with van der Waals surface area (Å²) in [5.41, 5.74) is 4.11. The smallest absolute Gasteiger partial charge is 0.194 e. The Labute approximate surface area is 203 Å². The highest BCUT2D eigenvalue weighted by molar-refractivity contribution is 14.0. The lowest BCUT2D eigenvalue weighted by molar-refractivity contribution is 0.372. The van der Waals surface area contributed by atoms with E-state index in [1.165, 1.54) is 36.1 Å². The number of hydrogen-bond donors (Lipinski definition) is 1. The summed E-state index contributed by atoms with van der Waals surface area (Å²) in [4.78, 5) is 9.82. The van der Waals surface area contributed by atoms with Gasteiger partial charge in [0.05, 0.1) is 0 Å². The molecule has 0 bridgehead atoms. The van der Waals surface area contributed by atoms with Gasteiger partial charge in [-0.1, -0.05) is 18.6 Å². The van der Waals surface area contributed by atoms with Crippen LogP contribution in [0.1, 0.15) is 49.0 Å². The van der Waals surface area contributed by atoms with Gasteiger partial charge < -0.3 is 19.7 Å². The number of aromatic nitrogens is 3. The molecule has 4 rings (SSSR count). The van der Waals surface area contributed by atoms with Gasteiger partial charge in [0.2, 0.25) is 0 Å². The van der Waals surface area contributed by atoms with Crippen molar-refractivity contribution in [1.82, 2.24) is 25.0 Å². The Morgan fingerprint density at radius 2 is 1.84 bits per heavy atom. The Hall–Kier alpha value is -1.84. The molecule has 0 aliphatic carbocycles. The highest BCUT2D eigenvalue weighted by Crippen LogP contribution is 2.24. The molecule has 0 saturated carbocycles. The van der Waals surface area contributed by atoms with Crippen LogP contribution in [-0.2, 0) is 19.5 Å². The molecule has 1 N–H and O–H groups in total. The number of nitrogens with one attached hydrogen (secondary N) is 1. The summed E-state index contributed by atoms with van der Waals surface area (Å²) in [5, 5.41) is 12.3. The molecule has 0 radical (unpaired) electrons. The standard InChI is InChI=1S/C23H35N7.HI/c1-4-24-23(25-17-22-27-26-21-11-6-5-7-12-30(21)22)29-15-13-28(14-16-29)20-10-8-9-18(2)19(20)3;/h8-10H,4-7,11-17H2,1-3H3,(H,24,25);1H. The topological polar surface area (TPSA) is 61.6 Å². The SMILES string of the molecule is CCNC(=NCc1nnc2n1CCCCC2)N1CCN(c2cccc(C)c2C)CC1.I. The van der Waals surface area contributed by atoms with Gasteiger partial charge >= 0.3 is 0 Å². The molecule has 3 heterocycles. The van der Waals surface area contributed by atoms with Crippen molar-refractivity contribution in [3.63, 3.8) is 0 Å². The zero-order valence-corrected chi connectivity index (χ0v) is 21.4. The predicted octanol–water partition coefficient (Wildman–Crippen LogP) is 3.53. The molecular formula is C23H36IN7. The van der Waals surface area contributed by atoms with Gasteiger partial charge in [-0.15, -0.1) is 34.2 Å². The second-order valence-electron chi connectivity index (χ2n) is 8.36. The first-order valence-corrected chi connectivity index (χ1v) is 11.4. The van der Waals surface area contributed by atoms with E-state index in [-0.39, 0.29) is 24.0 Å². The number of rotatable bonds is 4. The maximum Gasteiger partial charge on any atom is 0.194 e. The summed E-state index contributed by atoms with van der Waals surface area (Å²) in [6.45, 7) is 13.0. The summed E-state index contributed by atoms with van der Waals surface area (Å²) in [6.07, 6.45) is 4.74. The predicted molar refractivity (Wildman–Crippen MR) is 138 cm³/mol. The highest BCUT2D eigenvalue weighted by atomic mass is 127. The first kappa shape index (κ1) is 23.8. The van der Waals surface area contributed by atoms with E-state index in [0.717, 1.165) is 63.3 Å². The number of hydrogen-bond acceptors (Lipinski definition) is 4. The molecule has 1 saturated heterocycles. The Morgan fingerprint density at radius 3 is 2.61 bits per heavy atom. The van der Waals surface area contributed by atoms with Crippen LogP contribution in [0.3, 0.4) is 0 Å². The fourth-order valence-electron chi connectivity index (χ4n) is 4.47. The third-order valence-electron chi connectivity index (χ3n) is 6.39. The minimum Gasteiger partial charge on any atom is -0.368 e. The number of fused-ring (bicyclic) bond motifs is 1. The van der Waals surface area contributed by atoms with Crippen LogP contribution in [0.25, 0.3) is 0 Å². The van der Waals surface area contributed by atoms with Crippen molar-refractivity contribution < 1.29 is 0 Å². The fraction of sp³-hybridized carbons (Fsp3) is 0.609. The molecule has 170 valence electrons. The average Bonchev–Trinajstić information content (AvgIpc) is 2.99. The van der Waals surface area contributed by atoms with Gasteiger partial charge in [-0.05, 0) is 50.8 Å². The van der Waals surface area contributed by atoms with Gasteiger partial charge in [0.15, 0.2) is 11.8 Å². The summed E-state index contributed by atoms with van der Waals surface area (Å²) < 4.78 is 2.29. The molecule has 8 heteroatoms. The molecule has 31 heavy (non-hydrogen) atoms. The Kier molecular flexibility index (Phi) is 8.57. The molecule has 0 unspecified atom stereocenters. The van der Waals surface area contributed by atoms with Crippen LogP contribution in [0.2, 0.25) is 0 Å². The zero-order valence-electron chi connectivity index (χ0n) is 19.1.